The lowest BCUT2D eigenvalue weighted by atomic mass is 10.2. The molecule has 0 aliphatic carbocycles. The van der Waals surface area contributed by atoms with Crippen molar-refractivity contribution in [2.45, 2.75) is 32.2 Å². The maximum absolute atomic E-state index is 12.1. The second kappa shape index (κ2) is 7.56. The van der Waals surface area contributed by atoms with Gasteiger partial charge in [-0.3, -0.25) is 9.69 Å². The van der Waals surface area contributed by atoms with Crippen LogP contribution in [0.25, 0.3) is 0 Å². The summed E-state index contributed by atoms with van der Waals surface area (Å²) in [7, 11) is 3.93. The molecule has 2 aromatic heterocycles. The van der Waals surface area contributed by atoms with Crippen molar-refractivity contribution in [3.8, 4) is 0 Å². The van der Waals surface area contributed by atoms with Crippen molar-refractivity contribution in [2.24, 2.45) is 0 Å². The molecule has 0 bridgehead atoms. The number of likely N-dealkylation sites (N-methyl/N-ethyl adjacent to an activating group) is 1. The molecule has 0 saturated heterocycles. The molecule has 0 aliphatic heterocycles. The first-order valence-corrected chi connectivity index (χ1v) is 8.26. The van der Waals surface area contributed by atoms with E-state index in [1.807, 2.05) is 36.5 Å². The monoisotopic (exact) mass is 321 g/mol. The number of nitrogens with zero attached hydrogens (tertiary/aromatic N) is 2. The highest BCUT2D eigenvalue weighted by molar-refractivity contribution is 7.09. The average molecular weight is 321 g/mol. The number of aromatic nitrogens is 1. The molecule has 0 aliphatic rings. The van der Waals surface area contributed by atoms with Crippen molar-refractivity contribution < 1.29 is 9.21 Å². The van der Waals surface area contributed by atoms with Crippen LogP contribution >= 0.6 is 11.3 Å². The van der Waals surface area contributed by atoms with Gasteiger partial charge in [-0.05, 0) is 26.2 Å². The zero-order valence-electron chi connectivity index (χ0n) is 13.5. The predicted molar refractivity (Wildman–Crippen MR) is 88.1 cm³/mol. The molecule has 2 aromatic rings. The SMILES string of the molecule is CC(C)c1nc(CC(=O)NCC(c2ccco2)N(C)C)cs1. The minimum Gasteiger partial charge on any atom is -0.468 e. The zero-order valence-corrected chi connectivity index (χ0v) is 14.3. The van der Waals surface area contributed by atoms with Gasteiger partial charge in [0.2, 0.25) is 5.91 Å². The van der Waals surface area contributed by atoms with Gasteiger partial charge >= 0.3 is 0 Å². The van der Waals surface area contributed by atoms with Crippen LogP contribution in [0.4, 0.5) is 0 Å². The Hall–Kier alpha value is -1.66. The van der Waals surface area contributed by atoms with E-state index in [4.69, 9.17) is 4.42 Å². The Morgan fingerprint density at radius 1 is 1.45 bits per heavy atom. The van der Waals surface area contributed by atoms with Crippen LogP contribution < -0.4 is 5.32 Å². The standard InChI is InChI=1S/C16H23N3O2S/c1-11(2)16-18-12(10-22-16)8-15(20)17-9-13(19(3)4)14-6-5-7-21-14/h5-7,10-11,13H,8-9H2,1-4H3,(H,17,20). The highest BCUT2D eigenvalue weighted by Crippen LogP contribution is 2.20. The molecule has 1 N–H and O–H groups in total. The largest absolute Gasteiger partial charge is 0.468 e. The van der Waals surface area contributed by atoms with Gasteiger partial charge in [-0.25, -0.2) is 4.98 Å². The number of thiazole rings is 1. The minimum absolute atomic E-state index is 0.0148. The molecule has 5 nitrogen and oxygen atoms in total. The molecule has 0 spiro atoms. The molecule has 0 aromatic carbocycles. The van der Waals surface area contributed by atoms with Crippen LogP contribution in [-0.4, -0.2) is 36.4 Å². The normalized spacial score (nSPS) is 12.8. The van der Waals surface area contributed by atoms with Crippen LogP contribution in [0, 0.1) is 0 Å². The van der Waals surface area contributed by atoms with E-state index in [0.29, 0.717) is 18.9 Å². The fourth-order valence-electron chi connectivity index (χ4n) is 2.13. The summed E-state index contributed by atoms with van der Waals surface area (Å²) >= 11 is 1.61. The highest BCUT2D eigenvalue weighted by atomic mass is 32.1. The number of carbonyl (C=O) groups excluding carboxylic acids is 1. The van der Waals surface area contributed by atoms with Gasteiger partial charge in [0, 0.05) is 17.8 Å². The molecule has 2 rings (SSSR count). The molecule has 1 amide bonds. The number of hydrogen-bond donors (Lipinski definition) is 1. The van der Waals surface area contributed by atoms with Gasteiger partial charge in [-0.2, -0.15) is 0 Å². The maximum Gasteiger partial charge on any atom is 0.226 e. The lowest BCUT2D eigenvalue weighted by Gasteiger charge is -2.22. The van der Waals surface area contributed by atoms with E-state index in [1.165, 1.54) is 0 Å². The third-order valence-corrected chi connectivity index (χ3v) is 4.59. The lowest BCUT2D eigenvalue weighted by Crippen LogP contribution is -2.35. The van der Waals surface area contributed by atoms with Gasteiger partial charge in [-0.1, -0.05) is 13.8 Å². The Labute approximate surface area is 135 Å². The Bertz CT molecular complexity index is 590. The first-order chi connectivity index (χ1) is 10.5. The Morgan fingerprint density at radius 3 is 2.77 bits per heavy atom. The van der Waals surface area contributed by atoms with Crippen LogP contribution in [0.5, 0.6) is 0 Å². The summed E-state index contributed by atoms with van der Waals surface area (Å²) in [5.41, 5.74) is 0.839. The summed E-state index contributed by atoms with van der Waals surface area (Å²) in [5.74, 6) is 1.24. The molecule has 0 radical (unpaired) electrons. The quantitative estimate of drug-likeness (QED) is 0.852. The molecule has 1 unspecified atom stereocenters. The van der Waals surface area contributed by atoms with Crippen molar-refractivity contribution in [2.75, 3.05) is 20.6 Å². The molecule has 6 heteroatoms. The third kappa shape index (κ3) is 4.42. The molecule has 22 heavy (non-hydrogen) atoms. The third-order valence-electron chi connectivity index (χ3n) is 3.39. The summed E-state index contributed by atoms with van der Waals surface area (Å²) in [6.07, 6.45) is 1.97. The summed E-state index contributed by atoms with van der Waals surface area (Å²) in [6.45, 7) is 4.72. The average Bonchev–Trinajstić information content (AvgIpc) is 3.09. The number of carbonyl (C=O) groups is 1. The first kappa shape index (κ1) is 16.7. The smallest absolute Gasteiger partial charge is 0.226 e. The summed E-state index contributed by atoms with van der Waals surface area (Å²) in [5, 5.41) is 6.00. The van der Waals surface area contributed by atoms with E-state index in [-0.39, 0.29) is 11.9 Å². The van der Waals surface area contributed by atoms with Crippen molar-refractivity contribution >= 4 is 17.2 Å². The zero-order chi connectivity index (χ0) is 16.1. The van der Waals surface area contributed by atoms with E-state index in [9.17, 15) is 4.79 Å². The van der Waals surface area contributed by atoms with Gasteiger partial charge in [0.25, 0.3) is 0 Å². The lowest BCUT2D eigenvalue weighted by molar-refractivity contribution is -0.120. The Balaban J connectivity index is 1.88. The Morgan fingerprint density at radius 2 is 2.23 bits per heavy atom. The van der Waals surface area contributed by atoms with Crippen molar-refractivity contribution in [3.63, 3.8) is 0 Å². The van der Waals surface area contributed by atoms with Crippen LogP contribution in [0.2, 0.25) is 0 Å². The number of hydrogen-bond acceptors (Lipinski definition) is 5. The fourth-order valence-corrected chi connectivity index (χ4v) is 2.96. The second-order valence-corrected chi connectivity index (χ2v) is 6.70. The van der Waals surface area contributed by atoms with E-state index < -0.39 is 0 Å². The van der Waals surface area contributed by atoms with Gasteiger partial charge < -0.3 is 9.73 Å². The Kier molecular flexibility index (Phi) is 5.74. The van der Waals surface area contributed by atoms with E-state index >= 15 is 0 Å². The van der Waals surface area contributed by atoms with Crippen LogP contribution in [0.15, 0.2) is 28.2 Å². The summed E-state index contributed by atoms with van der Waals surface area (Å²) < 4.78 is 5.43. The number of amides is 1. The molecule has 2 heterocycles. The topological polar surface area (TPSA) is 58.4 Å². The molecule has 1 atom stereocenters. The van der Waals surface area contributed by atoms with E-state index in [2.05, 4.69) is 24.1 Å². The van der Waals surface area contributed by atoms with E-state index in [1.54, 1.807) is 17.6 Å². The number of nitrogens with one attached hydrogen (secondary N) is 1. The summed E-state index contributed by atoms with van der Waals surface area (Å²) in [4.78, 5) is 18.6. The van der Waals surface area contributed by atoms with Crippen LogP contribution in [0.1, 0.15) is 42.3 Å². The van der Waals surface area contributed by atoms with E-state index in [0.717, 1.165) is 16.5 Å². The fraction of sp³-hybridized carbons (Fsp3) is 0.500. The van der Waals surface area contributed by atoms with Crippen molar-refractivity contribution in [1.82, 2.24) is 15.2 Å². The van der Waals surface area contributed by atoms with Gasteiger partial charge in [-0.15, -0.1) is 11.3 Å². The van der Waals surface area contributed by atoms with Gasteiger partial charge in [0.15, 0.2) is 0 Å². The van der Waals surface area contributed by atoms with Crippen molar-refractivity contribution in [3.05, 3.63) is 40.2 Å². The second-order valence-electron chi connectivity index (χ2n) is 5.81. The number of rotatable bonds is 7. The molecule has 120 valence electrons. The van der Waals surface area contributed by atoms with Gasteiger partial charge in [0.1, 0.15) is 5.76 Å². The van der Waals surface area contributed by atoms with Crippen LogP contribution in [-0.2, 0) is 11.2 Å². The highest BCUT2D eigenvalue weighted by Gasteiger charge is 2.18. The number of furan rings is 1. The van der Waals surface area contributed by atoms with Gasteiger partial charge in [0.05, 0.1) is 29.4 Å². The first-order valence-electron chi connectivity index (χ1n) is 7.38. The van der Waals surface area contributed by atoms with Crippen molar-refractivity contribution in [1.29, 1.82) is 0 Å². The summed E-state index contributed by atoms with van der Waals surface area (Å²) in [6, 6.07) is 3.81. The minimum atomic E-state index is -0.0148. The molecule has 0 saturated carbocycles. The maximum atomic E-state index is 12.1. The molecular formula is C16H23N3O2S. The van der Waals surface area contributed by atoms with Crippen LogP contribution in [0.3, 0.4) is 0 Å². The molecular weight excluding hydrogens is 298 g/mol. The predicted octanol–water partition coefficient (Wildman–Crippen LogP) is 2.82. The molecule has 0 fully saturated rings.